The van der Waals surface area contributed by atoms with Crippen LogP contribution in [0.15, 0.2) is 0 Å². The van der Waals surface area contributed by atoms with E-state index in [1.165, 1.54) is 0 Å². The van der Waals surface area contributed by atoms with Gasteiger partial charge in [-0.15, -0.1) is 0 Å². The standard InChI is InChI=1S/C9H17FO6/c10-2-1-3-16-9-7(14)5(12)4(11)6(13)8(9)15/h4-9,11-15H,1-3H2/t4-,5?,6?,7?,8?,9+. The number of aliphatic hydroxyl groups excluding tert-OH is 5. The van der Waals surface area contributed by atoms with Gasteiger partial charge in [0.2, 0.25) is 0 Å². The van der Waals surface area contributed by atoms with Crippen molar-refractivity contribution in [2.45, 2.75) is 43.0 Å². The Balaban J connectivity index is 2.60. The van der Waals surface area contributed by atoms with Crippen LogP contribution in [-0.2, 0) is 4.74 Å². The average molecular weight is 240 g/mol. The van der Waals surface area contributed by atoms with Crippen LogP contribution in [0.25, 0.3) is 0 Å². The van der Waals surface area contributed by atoms with E-state index < -0.39 is 43.3 Å². The maximum atomic E-state index is 11.8. The van der Waals surface area contributed by atoms with Crippen molar-refractivity contribution in [2.75, 3.05) is 13.3 Å². The SMILES string of the molecule is OC1C(O)[C@H](OCCCF)C(O)C(O)[C@@H]1O. The second-order valence-corrected chi connectivity index (χ2v) is 3.83. The van der Waals surface area contributed by atoms with Crippen molar-refractivity contribution in [2.24, 2.45) is 0 Å². The topological polar surface area (TPSA) is 110 Å². The lowest BCUT2D eigenvalue weighted by Gasteiger charge is -2.41. The van der Waals surface area contributed by atoms with Crippen LogP contribution in [0.2, 0.25) is 0 Å². The van der Waals surface area contributed by atoms with Crippen LogP contribution in [0.4, 0.5) is 4.39 Å². The van der Waals surface area contributed by atoms with Gasteiger partial charge in [-0.05, 0) is 6.42 Å². The van der Waals surface area contributed by atoms with Crippen molar-refractivity contribution in [1.82, 2.24) is 0 Å². The van der Waals surface area contributed by atoms with Gasteiger partial charge in [0.15, 0.2) is 0 Å². The quantitative estimate of drug-likeness (QED) is 0.349. The van der Waals surface area contributed by atoms with E-state index in [1.807, 2.05) is 0 Å². The van der Waals surface area contributed by atoms with E-state index in [4.69, 9.17) is 4.74 Å². The highest BCUT2D eigenvalue weighted by atomic mass is 19.1. The van der Waals surface area contributed by atoms with Gasteiger partial charge >= 0.3 is 0 Å². The lowest BCUT2D eigenvalue weighted by molar-refractivity contribution is -0.235. The Kier molecular flexibility index (Phi) is 5.03. The molecule has 0 aromatic rings. The first-order chi connectivity index (χ1) is 7.50. The van der Waals surface area contributed by atoms with Crippen LogP contribution in [0.1, 0.15) is 6.42 Å². The molecule has 1 fully saturated rings. The predicted molar refractivity (Wildman–Crippen MR) is 50.4 cm³/mol. The van der Waals surface area contributed by atoms with Crippen LogP contribution >= 0.6 is 0 Å². The van der Waals surface area contributed by atoms with Crippen LogP contribution < -0.4 is 0 Å². The van der Waals surface area contributed by atoms with Crippen molar-refractivity contribution < 1.29 is 34.7 Å². The largest absolute Gasteiger partial charge is 0.387 e. The summed E-state index contributed by atoms with van der Waals surface area (Å²) >= 11 is 0. The van der Waals surface area contributed by atoms with Crippen LogP contribution in [0.5, 0.6) is 0 Å². The molecule has 0 spiro atoms. The Labute approximate surface area is 91.9 Å². The van der Waals surface area contributed by atoms with Gasteiger partial charge in [-0.1, -0.05) is 0 Å². The Bertz CT molecular complexity index is 200. The van der Waals surface area contributed by atoms with Crippen molar-refractivity contribution in [3.05, 3.63) is 0 Å². The maximum Gasteiger partial charge on any atom is 0.114 e. The molecule has 0 amide bonds. The van der Waals surface area contributed by atoms with Gasteiger partial charge in [0.25, 0.3) is 0 Å². The molecule has 6 nitrogen and oxygen atoms in total. The van der Waals surface area contributed by atoms with Gasteiger partial charge in [-0.25, -0.2) is 0 Å². The number of rotatable bonds is 4. The van der Waals surface area contributed by atoms with Gasteiger partial charge in [0.1, 0.15) is 36.6 Å². The molecule has 7 heteroatoms. The second-order valence-electron chi connectivity index (χ2n) is 3.83. The summed E-state index contributed by atoms with van der Waals surface area (Å²) in [6, 6.07) is 0. The van der Waals surface area contributed by atoms with Crippen molar-refractivity contribution >= 4 is 0 Å². The third kappa shape index (κ3) is 2.68. The summed E-state index contributed by atoms with van der Waals surface area (Å²) in [4.78, 5) is 0. The minimum absolute atomic E-state index is 0.0508. The second kappa shape index (κ2) is 5.85. The molecule has 0 aromatic carbocycles. The molecule has 0 radical (unpaired) electrons. The van der Waals surface area contributed by atoms with E-state index in [0.29, 0.717) is 0 Å². The first-order valence-corrected chi connectivity index (χ1v) is 5.08. The van der Waals surface area contributed by atoms with E-state index in [2.05, 4.69) is 0 Å². The number of halogens is 1. The number of hydrogen-bond donors (Lipinski definition) is 5. The summed E-state index contributed by atoms with van der Waals surface area (Å²) in [7, 11) is 0. The van der Waals surface area contributed by atoms with E-state index in [9.17, 15) is 29.9 Å². The molecule has 96 valence electrons. The molecule has 0 bridgehead atoms. The molecule has 1 aliphatic carbocycles. The van der Waals surface area contributed by atoms with Crippen molar-refractivity contribution in [3.63, 3.8) is 0 Å². The third-order valence-corrected chi connectivity index (χ3v) is 2.66. The first kappa shape index (κ1) is 13.8. The highest BCUT2D eigenvalue weighted by molar-refractivity contribution is 4.99. The summed E-state index contributed by atoms with van der Waals surface area (Å²) in [6.07, 6.45) is -9.03. The molecule has 1 saturated carbocycles. The molecular weight excluding hydrogens is 223 g/mol. The zero-order valence-electron chi connectivity index (χ0n) is 8.61. The molecule has 1 aliphatic rings. The fourth-order valence-electron chi connectivity index (χ4n) is 1.67. The lowest BCUT2D eigenvalue weighted by atomic mass is 9.85. The summed E-state index contributed by atoms with van der Waals surface area (Å²) in [5.41, 5.74) is 0. The molecule has 4 unspecified atom stereocenters. The zero-order valence-corrected chi connectivity index (χ0v) is 8.61. The molecule has 0 heterocycles. The molecule has 0 saturated heterocycles. The lowest BCUT2D eigenvalue weighted by Crippen LogP contribution is -2.64. The molecule has 0 aromatic heterocycles. The molecule has 4 atom stereocenters. The van der Waals surface area contributed by atoms with Gasteiger partial charge in [0, 0.05) is 6.61 Å². The smallest absolute Gasteiger partial charge is 0.114 e. The van der Waals surface area contributed by atoms with Crippen LogP contribution in [0.3, 0.4) is 0 Å². The minimum Gasteiger partial charge on any atom is -0.387 e. The van der Waals surface area contributed by atoms with E-state index in [-0.39, 0.29) is 13.0 Å². The van der Waals surface area contributed by atoms with E-state index in [1.54, 1.807) is 0 Å². The van der Waals surface area contributed by atoms with Crippen LogP contribution in [0, 0.1) is 0 Å². The third-order valence-electron chi connectivity index (χ3n) is 2.66. The molecule has 16 heavy (non-hydrogen) atoms. The highest BCUT2D eigenvalue weighted by Gasteiger charge is 2.48. The Morgan fingerprint density at radius 2 is 1.25 bits per heavy atom. The fourth-order valence-corrected chi connectivity index (χ4v) is 1.67. The normalized spacial score (nSPS) is 44.6. The first-order valence-electron chi connectivity index (χ1n) is 5.08. The van der Waals surface area contributed by atoms with Gasteiger partial charge in [-0.3, -0.25) is 4.39 Å². The number of hydrogen-bond acceptors (Lipinski definition) is 6. The molecule has 0 aliphatic heterocycles. The van der Waals surface area contributed by atoms with Gasteiger partial charge in [0.05, 0.1) is 6.67 Å². The Morgan fingerprint density at radius 3 is 1.69 bits per heavy atom. The van der Waals surface area contributed by atoms with Crippen molar-refractivity contribution in [1.29, 1.82) is 0 Å². The average Bonchev–Trinajstić information content (AvgIpc) is 2.28. The van der Waals surface area contributed by atoms with Gasteiger partial charge < -0.3 is 30.3 Å². The molecule has 1 rings (SSSR count). The fraction of sp³-hybridized carbons (Fsp3) is 1.00. The Hall–Kier alpha value is -0.310. The summed E-state index contributed by atoms with van der Waals surface area (Å²) < 4.78 is 16.8. The monoisotopic (exact) mass is 240 g/mol. The van der Waals surface area contributed by atoms with Crippen LogP contribution in [-0.4, -0.2) is 75.4 Å². The minimum atomic E-state index is -1.63. The van der Waals surface area contributed by atoms with E-state index >= 15 is 0 Å². The summed E-state index contributed by atoms with van der Waals surface area (Å²) in [5.74, 6) is 0. The highest BCUT2D eigenvalue weighted by Crippen LogP contribution is 2.23. The number of aliphatic hydroxyl groups is 5. The maximum absolute atomic E-state index is 11.8. The number of alkyl halides is 1. The molecule has 5 N–H and O–H groups in total. The van der Waals surface area contributed by atoms with E-state index in [0.717, 1.165) is 0 Å². The summed E-state index contributed by atoms with van der Waals surface area (Å²) in [5, 5.41) is 46.9. The summed E-state index contributed by atoms with van der Waals surface area (Å²) in [6.45, 7) is -0.655. The number of ether oxygens (including phenoxy) is 1. The Morgan fingerprint density at radius 1 is 0.812 bits per heavy atom. The zero-order chi connectivity index (χ0) is 12.3. The molecular formula is C9H17FO6. The predicted octanol–water partition coefficient (Wildman–Crippen LogP) is -2.45. The van der Waals surface area contributed by atoms with Gasteiger partial charge in [-0.2, -0.15) is 0 Å². The van der Waals surface area contributed by atoms with Crippen molar-refractivity contribution in [3.8, 4) is 0 Å².